The average Bonchev–Trinajstić information content (AvgIpc) is 2.35. The largest absolute Gasteiger partial charge is 0.365 e. The molecule has 2 saturated heterocycles. The first-order chi connectivity index (χ1) is 9.13. The zero-order chi connectivity index (χ0) is 13.4. The van der Waals surface area contributed by atoms with Crippen molar-refractivity contribution in [3.8, 4) is 0 Å². The first-order valence-corrected chi connectivity index (χ1v) is 7.43. The molecule has 2 bridgehead atoms. The monoisotopic (exact) mass is 301 g/mol. The zero-order valence-corrected chi connectivity index (χ0v) is 12.3. The second-order valence-electron chi connectivity index (χ2n) is 5.44. The summed E-state index contributed by atoms with van der Waals surface area (Å²) < 4.78 is 0. The van der Waals surface area contributed by atoms with E-state index < -0.39 is 0 Å². The third-order valence-electron chi connectivity index (χ3n) is 4.30. The van der Waals surface area contributed by atoms with E-state index in [1.54, 1.807) is 0 Å². The fourth-order valence-corrected chi connectivity index (χ4v) is 3.57. The number of nitrogens with zero attached hydrogens (tertiary/aromatic N) is 4. The van der Waals surface area contributed by atoms with Gasteiger partial charge in [0.1, 0.15) is 0 Å². The molecule has 1 aromatic rings. The van der Waals surface area contributed by atoms with Crippen LogP contribution in [0.4, 0.5) is 5.82 Å². The topological polar surface area (TPSA) is 53.9 Å². The van der Waals surface area contributed by atoms with Crippen LogP contribution in [0.3, 0.4) is 0 Å². The molecular weight excluding hydrogens is 285 g/mol. The van der Waals surface area contributed by atoms with Crippen LogP contribution in [0.5, 0.6) is 0 Å². The lowest BCUT2D eigenvalue weighted by atomic mass is 9.82. The number of fused-ring (bicyclic) bond motifs is 2. The predicted molar refractivity (Wildman–Crippen MR) is 75.7 cm³/mol. The van der Waals surface area contributed by atoms with E-state index in [1.165, 1.54) is 19.3 Å². The van der Waals surface area contributed by atoms with E-state index >= 15 is 0 Å². The third-order valence-corrected chi connectivity index (χ3v) is 4.72. The number of hydrogen-bond acceptors (Lipinski definition) is 5. The van der Waals surface area contributed by atoms with E-state index in [1.807, 2.05) is 0 Å². The molecule has 2 aliphatic rings. The van der Waals surface area contributed by atoms with Crippen LogP contribution in [0.1, 0.15) is 32.1 Å². The lowest BCUT2D eigenvalue weighted by molar-refractivity contribution is 0.0608. The average molecular weight is 302 g/mol. The Morgan fingerprint density at radius 2 is 1.84 bits per heavy atom. The molecule has 0 radical (unpaired) electrons. The van der Waals surface area contributed by atoms with Crippen molar-refractivity contribution in [3.63, 3.8) is 0 Å². The van der Waals surface area contributed by atoms with Crippen LogP contribution in [-0.2, 0) is 0 Å². The summed E-state index contributed by atoms with van der Waals surface area (Å²) in [5.74, 6) is 0.550. The lowest BCUT2D eigenvalue weighted by Crippen LogP contribution is -2.52. The molecule has 2 atom stereocenters. The molecule has 2 fully saturated rings. The van der Waals surface area contributed by atoms with Crippen LogP contribution < -0.4 is 5.32 Å². The highest BCUT2D eigenvalue weighted by Crippen LogP contribution is 2.34. The Morgan fingerprint density at radius 1 is 1.16 bits per heavy atom. The SMILES string of the molecule is CN1C2CCCC1CC(Nc1nc(Cl)nnc1Cl)C2. The van der Waals surface area contributed by atoms with Crippen molar-refractivity contribution < 1.29 is 0 Å². The number of aromatic nitrogens is 3. The van der Waals surface area contributed by atoms with Gasteiger partial charge < -0.3 is 10.2 Å². The van der Waals surface area contributed by atoms with E-state index in [4.69, 9.17) is 23.2 Å². The molecule has 3 heterocycles. The van der Waals surface area contributed by atoms with E-state index in [9.17, 15) is 0 Å². The Balaban J connectivity index is 1.72. The highest BCUT2D eigenvalue weighted by Gasteiger charge is 2.36. The van der Waals surface area contributed by atoms with Crippen LogP contribution in [0.15, 0.2) is 0 Å². The van der Waals surface area contributed by atoms with Crippen molar-refractivity contribution in [1.82, 2.24) is 20.1 Å². The fraction of sp³-hybridized carbons (Fsp3) is 0.750. The van der Waals surface area contributed by atoms with Crippen molar-refractivity contribution in [1.29, 1.82) is 0 Å². The van der Waals surface area contributed by atoms with E-state index in [0.29, 0.717) is 23.9 Å². The maximum absolute atomic E-state index is 6.00. The van der Waals surface area contributed by atoms with Crippen molar-refractivity contribution in [2.24, 2.45) is 0 Å². The van der Waals surface area contributed by atoms with Gasteiger partial charge in [-0.1, -0.05) is 18.0 Å². The Bertz CT molecular complexity index is 455. The summed E-state index contributed by atoms with van der Waals surface area (Å²) in [5.41, 5.74) is 0. The minimum Gasteiger partial charge on any atom is -0.365 e. The standard InChI is InChI=1S/C12H17Cl2N5/c1-19-8-3-2-4-9(19)6-7(5-8)15-11-10(13)17-18-12(14)16-11/h7-9H,2-6H2,1H3,(H,15,16,18). The number of piperidine rings is 2. The van der Waals surface area contributed by atoms with E-state index in [2.05, 4.69) is 32.4 Å². The smallest absolute Gasteiger partial charge is 0.245 e. The van der Waals surface area contributed by atoms with Gasteiger partial charge in [-0.15, -0.1) is 10.2 Å². The Kier molecular flexibility index (Phi) is 3.78. The molecule has 0 aromatic carbocycles. The summed E-state index contributed by atoms with van der Waals surface area (Å²) in [7, 11) is 2.24. The summed E-state index contributed by atoms with van der Waals surface area (Å²) in [4.78, 5) is 6.64. The molecule has 1 N–H and O–H groups in total. The van der Waals surface area contributed by atoms with Crippen molar-refractivity contribution in [3.05, 3.63) is 10.4 Å². The normalized spacial score (nSPS) is 31.2. The van der Waals surface area contributed by atoms with Gasteiger partial charge in [0.05, 0.1) is 0 Å². The molecule has 7 heteroatoms. The molecule has 0 spiro atoms. The minimum atomic E-state index is 0.125. The molecule has 0 amide bonds. The second-order valence-corrected chi connectivity index (χ2v) is 6.13. The minimum absolute atomic E-state index is 0.125. The van der Waals surface area contributed by atoms with Gasteiger partial charge in [-0.05, 0) is 44.3 Å². The van der Waals surface area contributed by atoms with Gasteiger partial charge in [0.15, 0.2) is 11.0 Å². The highest BCUT2D eigenvalue weighted by atomic mass is 35.5. The van der Waals surface area contributed by atoms with Crippen LogP contribution in [0.2, 0.25) is 10.4 Å². The first-order valence-electron chi connectivity index (χ1n) is 6.67. The summed E-state index contributed by atoms with van der Waals surface area (Å²) >= 11 is 11.8. The van der Waals surface area contributed by atoms with Crippen molar-refractivity contribution in [2.75, 3.05) is 12.4 Å². The summed E-state index contributed by atoms with van der Waals surface area (Å²) in [6.07, 6.45) is 6.13. The van der Waals surface area contributed by atoms with Gasteiger partial charge >= 0.3 is 0 Å². The van der Waals surface area contributed by atoms with Gasteiger partial charge in [0.25, 0.3) is 0 Å². The van der Waals surface area contributed by atoms with Crippen LogP contribution >= 0.6 is 23.2 Å². The molecule has 0 aliphatic carbocycles. The van der Waals surface area contributed by atoms with Crippen LogP contribution in [0.25, 0.3) is 0 Å². The van der Waals surface area contributed by atoms with Gasteiger partial charge in [0, 0.05) is 18.1 Å². The zero-order valence-electron chi connectivity index (χ0n) is 10.8. The predicted octanol–water partition coefficient (Wildman–Crippen LogP) is 2.61. The molecule has 0 saturated carbocycles. The van der Waals surface area contributed by atoms with Crippen molar-refractivity contribution >= 4 is 29.0 Å². The molecule has 1 aromatic heterocycles. The third kappa shape index (κ3) is 2.78. The summed E-state index contributed by atoms with van der Waals surface area (Å²) in [5, 5.41) is 11.2. The number of halogens is 2. The van der Waals surface area contributed by atoms with Crippen molar-refractivity contribution in [2.45, 2.75) is 50.2 Å². The lowest BCUT2D eigenvalue weighted by Gasteiger charge is -2.47. The molecule has 2 unspecified atom stereocenters. The van der Waals surface area contributed by atoms with Crippen LogP contribution in [-0.4, -0.2) is 45.3 Å². The maximum Gasteiger partial charge on any atom is 0.245 e. The Hall–Kier alpha value is -0.650. The summed E-state index contributed by atoms with van der Waals surface area (Å²) in [6.45, 7) is 0. The molecule has 104 valence electrons. The highest BCUT2D eigenvalue weighted by molar-refractivity contribution is 6.32. The second kappa shape index (κ2) is 5.38. The fourth-order valence-electron chi connectivity index (χ4n) is 3.31. The van der Waals surface area contributed by atoms with Gasteiger partial charge in [-0.2, -0.15) is 4.98 Å². The number of hydrogen-bond donors (Lipinski definition) is 1. The van der Waals surface area contributed by atoms with E-state index in [0.717, 1.165) is 12.8 Å². The van der Waals surface area contributed by atoms with Gasteiger partial charge in [0.2, 0.25) is 5.28 Å². The number of anilines is 1. The molecular formula is C12H17Cl2N5. The number of rotatable bonds is 2. The van der Waals surface area contributed by atoms with Crippen LogP contribution in [0, 0.1) is 0 Å². The molecule has 2 aliphatic heterocycles. The van der Waals surface area contributed by atoms with E-state index in [-0.39, 0.29) is 10.4 Å². The molecule has 3 rings (SSSR count). The Labute approximate surface area is 122 Å². The van der Waals surface area contributed by atoms with Gasteiger partial charge in [-0.25, -0.2) is 0 Å². The maximum atomic E-state index is 6.00. The molecule has 19 heavy (non-hydrogen) atoms. The summed E-state index contributed by atoms with van der Waals surface area (Å²) in [6, 6.07) is 1.71. The number of nitrogens with one attached hydrogen (secondary N) is 1. The molecule has 5 nitrogen and oxygen atoms in total. The van der Waals surface area contributed by atoms with Gasteiger partial charge in [-0.3, -0.25) is 0 Å². The Morgan fingerprint density at radius 3 is 2.53 bits per heavy atom. The first kappa shape index (κ1) is 13.3. The quantitative estimate of drug-likeness (QED) is 0.910.